The first-order valence-corrected chi connectivity index (χ1v) is 11.7. The van der Waals surface area contributed by atoms with Gasteiger partial charge in [-0.15, -0.1) is 0 Å². The van der Waals surface area contributed by atoms with Gasteiger partial charge in [-0.3, -0.25) is 4.79 Å². The lowest BCUT2D eigenvalue weighted by Gasteiger charge is -2.22. The summed E-state index contributed by atoms with van der Waals surface area (Å²) in [5, 5.41) is 3.37. The summed E-state index contributed by atoms with van der Waals surface area (Å²) >= 11 is 5.98. The fourth-order valence-electron chi connectivity index (χ4n) is 3.16. The molecule has 3 aromatic rings. The number of hydrogen-bond acceptors (Lipinski definition) is 3. The van der Waals surface area contributed by atoms with Crippen LogP contribution in [0, 0.1) is 13.8 Å². The van der Waals surface area contributed by atoms with Crippen molar-refractivity contribution >= 4 is 33.2 Å². The Labute approximate surface area is 188 Å². The van der Waals surface area contributed by atoms with E-state index in [1.54, 1.807) is 42.5 Å². The smallest absolute Gasteiger partial charge is 0.243 e. The fraction of sp³-hybridized carbons (Fsp3) is 0.208. The van der Waals surface area contributed by atoms with Crippen LogP contribution in [0.4, 0.5) is 5.69 Å². The first kappa shape index (κ1) is 23.0. The Morgan fingerprint density at radius 1 is 0.968 bits per heavy atom. The second-order valence-corrected chi connectivity index (χ2v) is 9.77. The number of amides is 1. The minimum atomic E-state index is -3.84. The van der Waals surface area contributed by atoms with Gasteiger partial charge in [-0.1, -0.05) is 59.6 Å². The number of carbonyl (C=O) groups is 1. The molecular formula is C24H25ClN2O3S. The predicted molar refractivity (Wildman–Crippen MR) is 125 cm³/mol. The van der Waals surface area contributed by atoms with E-state index in [-0.39, 0.29) is 18.0 Å². The van der Waals surface area contributed by atoms with Crippen LogP contribution >= 0.6 is 11.6 Å². The molecule has 0 aliphatic rings. The lowest BCUT2D eigenvalue weighted by atomic mass is 10.1. The highest BCUT2D eigenvalue weighted by molar-refractivity contribution is 7.89. The average Bonchev–Trinajstić information content (AvgIpc) is 2.74. The van der Waals surface area contributed by atoms with Crippen LogP contribution in [0.15, 0.2) is 77.7 Å². The zero-order valence-corrected chi connectivity index (χ0v) is 19.1. The highest BCUT2D eigenvalue weighted by Crippen LogP contribution is 2.21. The molecule has 0 bridgehead atoms. The molecule has 3 aromatic carbocycles. The molecule has 0 atom stereocenters. The van der Waals surface area contributed by atoms with Crippen molar-refractivity contribution in [3.63, 3.8) is 0 Å². The third kappa shape index (κ3) is 6.17. The van der Waals surface area contributed by atoms with E-state index in [0.717, 1.165) is 16.7 Å². The molecule has 0 heterocycles. The van der Waals surface area contributed by atoms with Gasteiger partial charge in [-0.2, -0.15) is 4.31 Å². The number of anilines is 1. The van der Waals surface area contributed by atoms with Gasteiger partial charge in [0.2, 0.25) is 15.9 Å². The zero-order valence-electron chi connectivity index (χ0n) is 17.5. The van der Waals surface area contributed by atoms with E-state index >= 15 is 0 Å². The van der Waals surface area contributed by atoms with Crippen LogP contribution in [0.2, 0.25) is 5.02 Å². The number of hydrogen-bond donors (Lipinski definition) is 1. The van der Waals surface area contributed by atoms with Crippen molar-refractivity contribution in [2.24, 2.45) is 0 Å². The Kier molecular flexibility index (Phi) is 7.49. The standard InChI is InChI=1S/C24H25ClN2O3S/c1-18-8-11-22(12-9-18)31(29,30)27(15-14-20-6-4-3-5-7-20)17-24(28)26-23-13-10-21(25)16-19(23)2/h3-13,16H,14-15,17H2,1-2H3,(H,26,28). The number of sulfonamides is 1. The molecule has 0 aromatic heterocycles. The van der Waals surface area contributed by atoms with Crippen LogP contribution in [0.25, 0.3) is 0 Å². The summed E-state index contributed by atoms with van der Waals surface area (Å²) in [4.78, 5) is 12.9. The van der Waals surface area contributed by atoms with E-state index < -0.39 is 15.9 Å². The molecule has 5 nitrogen and oxygen atoms in total. The highest BCUT2D eigenvalue weighted by atomic mass is 35.5. The monoisotopic (exact) mass is 456 g/mol. The SMILES string of the molecule is Cc1ccc(S(=O)(=O)N(CCc2ccccc2)CC(=O)Nc2ccc(Cl)cc2C)cc1. The molecule has 0 saturated heterocycles. The van der Waals surface area contributed by atoms with Crippen LogP contribution < -0.4 is 5.32 Å². The molecule has 31 heavy (non-hydrogen) atoms. The van der Waals surface area contributed by atoms with Crippen molar-refractivity contribution in [3.05, 3.63) is 94.5 Å². The second kappa shape index (κ2) is 10.1. The number of carbonyl (C=O) groups excluding carboxylic acids is 1. The van der Waals surface area contributed by atoms with Crippen molar-refractivity contribution in [1.29, 1.82) is 0 Å². The topological polar surface area (TPSA) is 66.5 Å². The molecule has 0 saturated carbocycles. The van der Waals surface area contributed by atoms with Crippen molar-refractivity contribution in [2.75, 3.05) is 18.4 Å². The molecule has 0 radical (unpaired) electrons. The van der Waals surface area contributed by atoms with E-state index in [1.165, 1.54) is 4.31 Å². The average molecular weight is 457 g/mol. The Morgan fingerprint density at radius 3 is 2.29 bits per heavy atom. The van der Waals surface area contributed by atoms with Gasteiger partial charge in [-0.25, -0.2) is 8.42 Å². The Balaban J connectivity index is 1.82. The molecule has 0 aliphatic heterocycles. The second-order valence-electron chi connectivity index (χ2n) is 7.39. The summed E-state index contributed by atoms with van der Waals surface area (Å²) in [6.07, 6.45) is 0.499. The molecule has 162 valence electrons. The minimum absolute atomic E-state index is 0.168. The largest absolute Gasteiger partial charge is 0.325 e. The Hall–Kier alpha value is -2.67. The molecule has 0 spiro atoms. The molecule has 7 heteroatoms. The lowest BCUT2D eigenvalue weighted by Crippen LogP contribution is -2.39. The van der Waals surface area contributed by atoms with Gasteiger partial charge in [0.05, 0.1) is 11.4 Å². The normalized spacial score (nSPS) is 11.5. The van der Waals surface area contributed by atoms with E-state index in [1.807, 2.05) is 44.2 Å². The van der Waals surface area contributed by atoms with Gasteiger partial charge < -0.3 is 5.32 Å². The van der Waals surface area contributed by atoms with E-state index in [2.05, 4.69) is 5.32 Å². The zero-order chi connectivity index (χ0) is 22.4. The number of rotatable bonds is 8. The predicted octanol–water partition coefficient (Wildman–Crippen LogP) is 4.83. The Bertz CT molecular complexity index is 1150. The number of benzene rings is 3. The van der Waals surface area contributed by atoms with Gasteiger partial charge in [0, 0.05) is 17.3 Å². The molecule has 1 N–H and O–H groups in total. The van der Waals surface area contributed by atoms with Crippen LogP contribution in [0.5, 0.6) is 0 Å². The summed E-state index contributed by atoms with van der Waals surface area (Å²) in [6, 6.07) is 21.4. The number of nitrogens with one attached hydrogen (secondary N) is 1. The fourth-order valence-corrected chi connectivity index (χ4v) is 4.78. The van der Waals surface area contributed by atoms with Crippen molar-refractivity contribution in [2.45, 2.75) is 25.2 Å². The van der Waals surface area contributed by atoms with Gasteiger partial charge in [0.1, 0.15) is 0 Å². The molecule has 0 fully saturated rings. The molecule has 0 aliphatic carbocycles. The van der Waals surface area contributed by atoms with E-state index in [4.69, 9.17) is 11.6 Å². The van der Waals surface area contributed by atoms with Gasteiger partial charge in [0.15, 0.2) is 0 Å². The van der Waals surface area contributed by atoms with Crippen molar-refractivity contribution in [3.8, 4) is 0 Å². The van der Waals surface area contributed by atoms with Crippen LogP contribution in [0.1, 0.15) is 16.7 Å². The number of nitrogens with zero attached hydrogens (tertiary/aromatic N) is 1. The quantitative estimate of drug-likeness (QED) is 0.528. The molecule has 3 rings (SSSR count). The summed E-state index contributed by atoms with van der Waals surface area (Å²) in [5.41, 5.74) is 3.37. The van der Waals surface area contributed by atoms with Crippen LogP contribution in [-0.2, 0) is 21.2 Å². The number of aryl methyl sites for hydroxylation is 2. The lowest BCUT2D eigenvalue weighted by molar-refractivity contribution is -0.116. The third-order valence-electron chi connectivity index (χ3n) is 4.93. The molecule has 1 amide bonds. The Morgan fingerprint density at radius 2 is 1.65 bits per heavy atom. The minimum Gasteiger partial charge on any atom is -0.325 e. The maximum absolute atomic E-state index is 13.3. The van der Waals surface area contributed by atoms with Gasteiger partial charge >= 0.3 is 0 Å². The first-order chi connectivity index (χ1) is 14.8. The van der Waals surface area contributed by atoms with Gasteiger partial charge in [0.25, 0.3) is 0 Å². The summed E-state index contributed by atoms with van der Waals surface area (Å²) < 4.78 is 27.8. The van der Waals surface area contributed by atoms with E-state index in [0.29, 0.717) is 17.1 Å². The number of halogens is 1. The maximum Gasteiger partial charge on any atom is 0.243 e. The molecule has 0 unspecified atom stereocenters. The van der Waals surface area contributed by atoms with Crippen molar-refractivity contribution in [1.82, 2.24) is 4.31 Å². The summed E-state index contributed by atoms with van der Waals surface area (Å²) in [6.45, 7) is 3.63. The maximum atomic E-state index is 13.3. The summed E-state index contributed by atoms with van der Waals surface area (Å²) in [5.74, 6) is -0.408. The highest BCUT2D eigenvalue weighted by Gasteiger charge is 2.26. The first-order valence-electron chi connectivity index (χ1n) is 9.92. The van der Waals surface area contributed by atoms with Crippen molar-refractivity contribution < 1.29 is 13.2 Å². The van der Waals surface area contributed by atoms with Crippen LogP contribution in [0.3, 0.4) is 0 Å². The van der Waals surface area contributed by atoms with Crippen LogP contribution in [-0.4, -0.2) is 31.7 Å². The summed E-state index contributed by atoms with van der Waals surface area (Å²) in [7, 11) is -3.84. The van der Waals surface area contributed by atoms with E-state index in [9.17, 15) is 13.2 Å². The molecular weight excluding hydrogens is 432 g/mol. The van der Waals surface area contributed by atoms with Gasteiger partial charge in [-0.05, 0) is 61.7 Å². The third-order valence-corrected chi connectivity index (χ3v) is 7.03.